The van der Waals surface area contributed by atoms with Crippen molar-refractivity contribution in [3.63, 3.8) is 0 Å². The molecule has 2 heterocycles. The highest BCUT2D eigenvalue weighted by Gasteiger charge is 2.28. The third kappa shape index (κ3) is 3.84. The van der Waals surface area contributed by atoms with E-state index in [1.165, 1.54) is 6.42 Å². The first kappa shape index (κ1) is 16.0. The van der Waals surface area contributed by atoms with Crippen LogP contribution in [0.5, 0.6) is 0 Å². The van der Waals surface area contributed by atoms with E-state index in [-0.39, 0.29) is 11.9 Å². The van der Waals surface area contributed by atoms with Crippen molar-refractivity contribution in [3.05, 3.63) is 18.0 Å². The van der Waals surface area contributed by atoms with E-state index in [1.54, 1.807) is 10.9 Å². The molecule has 1 aromatic rings. The van der Waals surface area contributed by atoms with Crippen LogP contribution in [-0.2, 0) is 11.8 Å². The van der Waals surface area contributed by atoms with Crippen molar-refractivity contribution in [2.75, 3.05) is 20.1 Å². The maximum atomic E-state index is 12.8. The van der Waals surface area contributed by atoms with Crippen molar-refractivity contribution in [1.82, 2.24) is 20.0 Å². The van der Waals surface area contributed by atoms with Crippen LogP contribution in [-0.4, -0.2) is 40.7 Å². The number of hydrogen-bond acceptors (Lipinski definition) is 3. The third-order valence-electron chi connectivity index (χ3n) is 4.62. The molecule has 1 saturated heterocycles. The lowest BCUT2D eigenvalue weighted by molar-refractivity contribution is -0.133. The zero-order chi connectivity index (χ0) is 15.4. The standard InChI is InChI=1S/C16H28N4O/c1-12(2)13-6-5-8-20(9-7-13)16(21)15(17-3)14-10-18-19(4)11-14/h10-13,15,17H,5-9H2,1-4H3. The third-order valence-corrected chi connectivity index (χ3v) is 4.62. The van der Waals surface area contributed by atoms with E-state index in [1.807, 2.05) is 25.2 Å². The quantitative estimate of drug-likeness (QED) is 0.923. The normalized spacial score (nSPS) is 21.4. The first-order valence-electron chi connectivity index (χ1n) is 7.97. The van der Waals surface area contributed by atoms with Crippen molar-refractivity contribution in [3.8, 4) is 0 Å². The van der Waals surface area contributed by atoms with Gasteiger partial charge in [0.1, 0.15) is 6.04 Å². The number of carbonyl (C=O) groups excluding carboxylic acids is 1. The lowest BCUT2D eigenvalue weighted by atomic mass is 9.89. The number of aromatic nitrogens is 2. The molecule has 0 radical (unpaired) electrons. The molecule has 1 aromatic heterocycles. The van der Waals surface area contributed by atoms with Crippen LogP contribution >= 0.6 is 0 Å². The molecule has 1 amide bonds. The predicted octanol–water partition coefficient (Wildman–Crippen LogP) is 1.97. The number of nitrogens with zero attached hydrogens (tertiary/aromatic N) is 3. The second-order valence-corrected chi connectivity index (χ2v) is 6.43. The van der Waals surface area contributed by atoms with Gasteiger partial charge in [0.2, 0.25) is 5.91 Å². The van der Waals surface area contributed by atoms with Crippen molar-refractivity contribution in [2.45, 2.75) is 39.2 Å². The Balaban J connectivity index is 2.04. The molecule has 5 nitrogen and oxygen atoms in total. The van der Waals surface area contributed by atoms with Crippen LogP contribution in [0, 0.1) is 11.8 Å². The summed E-state index contributed by atoms with van der Waals surface area (Å²) in [4.78, 5) is 14.8. The molecule has 21 heavy (non-hydrogen) atoms. The summed E-state index contributed by atoms with van der Waals surface area (Å²) >= 11 is 0. The van der Waals surface area contributed by atoms with Crippen LogP contribution < -0.4 is 5.32 Å². The predicted molar refractivity (Wildman–Crippen MR) is 83.8 cm³/mol. The van der Waals surface area contributed by atoms with Crippen LogP contribution in [0.3, 0.4) is 0 Å². The van der Waals surface area contributed by atoms with Crippen LogP contribution in [0.2, 0.25) is 0 Å². The first-order chi connectivity index (χ1) is 10.0. The van der Waals surface area contributed by atoms with Gasteiger partial charge in [-0.25, -0.2) is 0 Å². The molecule has 1 aliphatic heterocycles. The summed E-state index contributed by atoms with van der Waals surface area (Å²) < 4.78 is 1.74. The van der Waals surface area contributed by atoms with Crippen molar-refractivity contribution in [2.24, 2.45) is 18.9 Å². The molecular formula is C16H28N4O. The van der Waals surface area contributed by atoms with Gasteiger partial charge in [-0.3, -0.25) is 9.48 Å². The second-order valence-electron chi connectivity index (χ2n) is 6.43. The summed E-state index contributed by atoms with van der Waals surface area (Å²) in [7, 11) is 3.71. The van der Waals surface area contributed by atoms with E-state index >= 15 is 0 Å². The van der Waals surface area contributed by atoms with Crippen LogP contribution in [0.4, 0.5) is 0 Å². The van der Waals surface area contributed by atoms with Crippen molar-refractivity contribution in [1.29, 1.82) is 0 Å². The fourth-order valence-electron chi connectivity index (χ4n) is 3.21. The number of carbonyl (C=O) groups is 1. The van der Waals surface area contributed by atoms with Gasteiger partial charge >= 0.3 is 0 Å². The molecule has 0 bridgehead atoms. The summed E-state index contributed by atoms with van der Waals surface area (Å²) in [5, 5.41) is 7.31. The number of nitrogens with one attached hydrogen (secondary N) is 1. The summed E-state index contributed by atoms with van der Waals surface area (Å²) in [6.45, 7) is 6.32. The number of hydrogen-bond donors (Lipinski definition) is 1. The van der Waals surface area contributed by atoms with E-state index in [2.05, 4.69) is 24.3 Å². The summed E-state index contributed by atoms with van der Waals surface area (Å²) in [5.41, 5.74) is 0.939. The van der Waals surface area contributed by atoms with E-state index in [0.29, 0.717) is 5.92 Å². The van der Waals surface area contributed by atoms with E-state index in [9.17, 15) is 4.79 Å². The van der Waals surface area contributed by atoms with Gasteiger partial charge in [-0.2, -0.15) is 5.10 Å². The minimum absolute atomic E-state index is 0.176. The molecule has 118 valence electrons. The average Bonchev–Trinajstić information content (AvgIpc) is 2.74. The highest BCUT2D eigenvalue weighted by molar-refractivity contribution is 5.83. The van der Waals surface area contributed by atoms with E-state index in [4.69, 9.17) is 0 Å². The molecule has 2 rings (SSSR count). The van der Waals surface area contributed by atoms with E-state index in [0.717, 1.165) is 37.4 Å². The van der Waals surface area contributed by atoms with Gasteiger partial charge in [0, 0.05) is 31.9 Å². The molecule has 2 atom stereocenters. The Bertz CT molecular complexity index is 469. The van der Waals surface area contributed by atoms with Crippen LogP contribution in [0.15, 0.2) is 12.4 Å². The molecule has 2 unspecified atom stereocenters. The zero-order valence-corrected chi connectivity index (χ0v) is 13.7. The number of likely N-dealkylation sites (tertiary alicyclic amines) is 1. The Kier molecular flexibility index (Phi) is 5.39. The molecule has 1 aliphatic rings. The van der Waals surface area contributed by atoms with Gasteiger partial charge in [-0.05, 0) is 38.1 Å². The SMILES string of the molecule is CNC(C(=O)N1CCCC(C(C)C)CC1)c1cnn(C)c1. The number of aryl methyl sites for hydroxylation is 1. The van der Waals surface area contributed by atoms with Gasteiger partial charge in [-0.1, -0.05) is 13.8 Å². The van der Waals surface area contributed by atoms with Gasteiger partial charge in [0.15, 0.2) is 0 Å². The Labute approximate surface area is 127 Å². The largest absolute Gasteiger partial charge is 0.341 e. The molecule has 0 saturated carbocycles. The van der Waals surface area contributed by atoms with Gasteiger partial charge in [-0.15, -0.1) is 0 Å². The van der Waals surface area contributed by atoms with Crippen molar-refractivity contribution < 1.29 is 4.79 Å². The summed E-state index contributed by atoms with van der Waals surface area (Å²) in [6, 6.07) is -0.283. The molecule has 5 heteroatoms. The minimum atomic E-state index is -0.283. The molecule has 0 spiro atoms. The Morgan fingerprint density at radius 1 is 1.38 bits per heavy atom. The first-order valence-corrected chi connectivity index (χ1v) is 7.97. The lowest BCUT2D eigenvalue weighted by Gasteiger charge is -2.26. The Morgan fingerprint density at radius 2 is 2.14 bits per heavy atom. The van der Waals surface area contributed by atoms with Gasteiger partial charge in [0.25, 0.3) is 0 Å². The van der Waals surface area contributed by atoms with Gasteiger partial charge < -0.3 is 10.2 Å². The van der Waals surface area contributed by atoms with Crippen molar-refractivity contribution >= 4 is 5.91 Å². The highest BCUT2D eigenvalue weighted by Crippen LogP contribution is 2.26. The smallest absolute Gasteiger partial charge is 0.244 e. The fourth-order valence-corrected chi connectivity index (χ4v) is 3.21. The lowest BCUT2D eigenvalue weighted by Crippen LogP contribution is -2.40. The number of amides is 1. The van der Waals surface area contributed by atoms with Crippen LogP contribution in [0.1, 0.15) is 44.7 Å². The summed E-state index contributed by atoms with van der Waals surface area (Å²) in [5.74, 6) is 1.63. The topological polar surface area (TPSA) is 50.2 Å². The Morgan fingerprint density at radius 3 is 2.71 bits per heavy atom. The maximum absolute atomic E-state index is 12.8. The second kappa shape index (κ2) is 7.07. The average molecular weight is 292 g/mol. The number of likely N-dealkylation sites (N-methyl/N-ethyl adjacent to an activating group) is 1. The maximum Gasteiger partial charge on any atom is 0.244 e. The monoisotopic (exact) mass is 292 g/mol. The minimum Gasteiger partial charge on any atom is -0.341 e. The molecule has 0 aliphatic carbocycles. The molecular weight excluding hydrogens is 264 g/mol. The van der Waals surface area contributed by atoms with Gasteiger partial charge in [0.05, 0.1) is 6.20 Å². The molecule has 0 aromatic carbocycles. The summed E-state index contributed by atoms with van der Waals surface area (Å²) in [6.07, 6.45) is 7.14. The Hall–Kier alpha value is -1.36. The molecule has 1 fully saturated rings. The molecule has 1 N–H and O–H groups in total. The zero-order valence-electron chi connectivity index (χ0n) is 13.7. The number of rotatable bonds is 4. The van der Waals surface area contributed by atoms with E-state index < -0.39 is 0 Å². The highest BCUT2D eigenvalue weighted by atomic mass is 16.2. The van der Waals surface area contributed by atoms with Crippen LogP contribution in [0.25, 0.3) is 0 Å². The fraction of sp³-hybridized carbons (Fsp3) is 0.750.